The number of rotatable bonds is 5. The van der Waals surface area contributed by atoms with Crippen LogP contribution in [0.1, 0.15) is 26.2 Å². The van der Waals surface area contributed by atoms with Gasteiger partial charge >= 0.3 is 0 Å². The molecule has 8 nitrogen and oxygen atoms in total. The molecule has 8 heteroatoms. The molecule has 0 heterocycles. The fraction of sp³-hybridized carbons (Fsp3) is 0.400. The van der Waals surface area contributed by atoms with Gasteiger partial charge in [0.1, 0.15) is 0 Å². The van der Waals surface area contributed by atoms with Crippen molar-refractivity contribution >= 4 is 11.6 Å². The van der Waals surface area contributed by atoms with E-state index in [1.165, 1.54) is 0 Å². The highest BCUT2D eigenvalue weighted by atomic mass is 16.1. The monoisotopic (exact) mass is 246 g/mol. The molecule has 0 spiro atoms. The van der Waals surface area contributed by atoms with Gasteiger partial charge in [-0.15, -0.1) is 0 Å². The van der Waals surface area contributed by atoms with Crippen LogP contribution in [-0.4, -0.2) is 11.6 Å². The first-order valence-electron chi connectivity index (χ1n) is 5.29. The Kier molecular flexibility index (Phi) is 4.68. The first kappa shape index (κ1) is 13.5. The number of Topliss-reactive ketones (excluding diaryl/α,β-unsaturated/α-hetero) is 1. The van der Waals surface area contributed by atoms with Crippen molar-refractivity contribution in [2.24, 2.45) is 10.2 Å². The second-order valence-electron chi connectivity index (χ2n) is 3.53. The maximum absolute atomic E-state index is 11.8. The number of hydrogen-bond donors (Lipinski definition) is 0. The molecule has 0 aromatic carbocycles. The van der Waals surface area contributed by atoms with Crippen molar-refractivity contribution < 1.29 is 9.59 Å². The predicted octanol–water partition coefficient (Wildman–Crippen LogP) is 3.09. The molecule has 0 saturated carbocycles. The second kappa shape index (κ2) is 6.24. The standard InChI is InChI=1S/C10H10N6O2/c1-2-3-4-6-8(17)5-7(13-15-11)10(18)9(6)14-16-12/h5H,2-4H2,1H3. The van der Waals surface area contributed by atoms with Gasteiger partial charge in [0.15, 0.2) is 11.6 Å². The molecule has 0 unspecified atom stereocenters. The molecule has 0 fully saturated rings. The van der Waals surface area contributed by atoms with E-state index in [-0.39, 0.29) is 17.0 Å². The normalized spacial score (nSPS) is 14.8. The number of azide groups is 2. The molecule has 0 N–H and O–H groups in total. The van der Waals surface area contributed by atoms with Crippen molar-refractivity contribution in [1.29, 1.82) is 0 Å². The van der Waals surface area contributed by atoms with E-state index in [9.17, 15) is 9.59 Å². The summed E-state index contributed by atoms with van der Waals surface area (Å²) in [5.74, 6) is -1.16. The smallest absolute Gasteiger partial charge is 0.198 e. The summed E-state index contributed by atoms with van der Waals surface area (Å²) in [6.07, 6.45) is 2.86. The Morgan fingerprint density at radius 2 is 1.89 bits per heavy atom. The Hall–Kier alpha value is -2.56. The fourth-order valence-corrected chi connectivity index (χ4v) is 1.52. The first-order chi connectivity index (χ1) is 8.65. The molecule has 1 aliphatic carbocycles. The van der Waals surface area contributed by atoms with E-state index in [1.807, 2.05) is 6.92 Å². The summed E-state index contributed by atoms with van der Waals surface area (Å²) in [6.45, 7) is 1.93. The summed E-state index contributed by atoms with van der Waals surface area (Å²) in [6, 6.07) is 0. The fourth-order valence-electron chi connectivity index (χ4n) is 1.52. The molecule has 0 amide bonds. The minimum atomic E-state index is -0.712. The van der Waals surface area contributed by atoms with Gasteiger partial charge in [0.25, 0.3) is 0 Å². The van der Waals surface area contributed by atoms with Gasteiger partial charge in [0, 0.05) is 15.4 Å². The van der Waals surface area contributed by atoms with Crippen molar-refractivity contribution in [2.75, 3.05) is 0 Å². The van der Waals surface area contributed by atoms with Crippen LogP contribution in [0, 0.1) is 0 Å². The zero-order valence-corrected chi connectivity index (χ0v) is 9.70. The molecular weight excluding hydrogens is 236 g/mol. The third kappa shape index (κ3) is 2.76. The van der Waals surface area contributed by atoms with E-state index < -0.39 is 11.6 Å². The van der Waals surface area contributed by atoms with E-state index in [1.54, 1.807) is 0 Å². The predicted molar refractivity (Wildman–Crippen MR) is 62.9 cm³/mol. The molecule has 0 radical (unpaired) electrons. The van der Waals surface area contributed by atoms with E-state index in [0.717, 1.165) is 12.5 Å². The van der Waals surface area contributed by atoms with Crippen LogP contribution in [-0.2, 0) is 9.59 Å². The van der Waals surface area contributed by atoms with Crippen LogP contribution < -0.4 is 0 Å². The number of hydrogen-bond acceptors (Lipinski definition) is 4. The number of carbonyl (C=O) groups excluding carboxylic acids is 2. The highest BCUT2D eigenvalue weighted by molar-refractivity contribution is 6.22. The Labute approximate surface area is 102 Å². The quantitative estimate of drug-likeness (QED) is 0.319. The van der Waals surface area contributed by atoms with Crippen molar-refractivity contribution in [1.82, 2.24) is 0 Å². The SMILES string of the molecule is CCCCC1=C(N=[N+]=[N-])C(=O)C(N=[N+]=[N-])=CC1=O. The number of ketones is 2. The molecule has 18 heavy (non-hydrogen) atoms. The molecule has 0 saturated heterocycles. The lowest BCUT2D eigenvalue weighted by Crippen LogP contribution is -2.17. The maximum atomic E-state index is 11.8. The van der Waals surface area contributed by atoms with Crippen LogP contribution in [0.15, 0.2) is 33.3 Å². The van der Waals surface area contributed by atoms with Gasteiger partial charge in [-0.25, -0.2) is 0 Å². The van der Waals surface area contributed by atoms with Crippen LogP contribution >= 0.6 is 0 Å². The molecular formula is C10H10N6O2. The first-order valence-corrected chi connectivity index (χ1v) is 5.29. The molecule has 92 valence electrons. The van der Waals surface area contributed by atoms with Crippen LogP contribution in [0.25, 0.3) is 20.9 Å². The number of nitrogens with zero attached hydrogens (tertiary/aromatic N) is 6. The number of allylic oxidation sites excluding steroid dienone is 2. The summed E-state index contributed by atoms with van der Waals surface area (Å²) < 4.78 is 0. The Bertz CT molecular complexity index is 547. The van der Waals surface area contributed by atoms with Gasteiger partial charge in [-0.1, -0.05) is 23.6 Å². The lowest BCUT2D eigenvalue weighted by molar-refractivity contribution is -0.116. The summed E-state index contributed by atoms with van der Waals surface area (Å²) in [4.78, 5) is 28.6. The molecule has 0 aromatic heterocycles. The van der Waals surface area contributed by atoms with E-state index in [4.69, 9.17) is 11.1 Å². The van der Waals surface area contributed by atoms with Crippen molar-refractivity contribution in [3.05, 3.63) is 43.9 Å². The zero-order valence-electron chi connectivity index (χ0n) is 9.70. The minimum absolute atomic E-state index is 0.177. The average Bonchev–Trinajstić information content (AvgIpc) is 2.35. The van der Waals surface area contributed by atoms with Gasteiger partial charge in [-0.3, -0.25) is 9.59 Å². The second-order valence-corrected chi connectivity index (χ2v) is 3.53. The molecule has 0 atom stereocenters. The molecule has 0 aromatic rings. The van der Waals surface area contributed by atoms with Crippen LogP contribution in [0.3, 0.4) is 0 Å². The highest BCUT2D eigenvalue weighted by Gasteiger charge is 2.26. The third-order valence-corrected chi connectivity index (χ3v) is 2.38. The van der Waals surface area contributed by atoms with Gasteiger partial charge in [-0.05, 0) is 30.0 Å². The summed E-state index contributed by atoms with van der Waals surface area (Å²) >= 11 is 0. The number of carbonyl (C=O) groups is 2. The molecule has 1 aliphatic rings. The molecule has 0 aliphatic heterocycles. The molecule has 0 bridgehead atoms. The third-order valence-electron chi connectivity index (χ3n) is 2.38. The van der Waals surface area contributed by atoms with Gasteiger partial charge < -0.3 is 0 Å². The average molecular weight is 246 g/mol. The van der Waals surface area contributed by atoms with Crippen LogP contribution in [0.5, 0.6) is 0 Å². The van der Waals surface area contributed by atoms with Gasteiger partial charge in [0.05, 0.1) is 11.4 Å². The van der Waals surface area contributed by atoms with Gasteiger partial charge in [-0.2, -0.15) is 0 Å². The lowest BCUT2D eigenvalue weighted by atomic mass is 9.94. The minimum Gasteiger partial charge on any atom is -0.290 e. The van der Waals surface area contributed by atoms with Crippen LogP contribution in [0.2, 0.25) is 0 Å². The summed E-state index contributed by atoms with van der Waals surface area (Å²) in [7, 11) is 0. The summed E-state index contributed by atoms with van der Waals surface area (Å²) in [5, 5.41) is 6.36. The maximum Gasteiger partial charge on any atom is 0.198 e. The zero-order chi connectivity index (χ0) is 13.5. The molecule has 1 rings (SSSR count). The van der Waals surface area contributed by atoms with E-state index >= 15 is 0 Å². The van der Waals surface area contributed by atoms with Crippen molar-refractivity contribution in [3.63, 3.8) is 0 Å². The van der Waals surface area contributed by atoms with Crippen molar-refractivity contribution in [2.45, 2.75) is 26.2 Å². The highest BCUT2D eigenvalue weighted by Crippen LogP contribution is 2.25. The Balaban J connectivity index is 3.25. The van der Waals surface area contributed by atoms with Gasteiger partial charge in [0.2, 0.25) is 0 Å². The van der Waals surface area contributed by atoms with E-state index in [0.29, 0.717) is 12.8 Å². The van der Waals surface area contributed by atoms with Crippen LogP contribution in [0.4, 0.5) is 0 Å². The number of unbranched alkanes of at least 4 members (excludes halogenated alkanes) is 1. The summed E-state index contributed by atoms with van der Waals surface area (Å²) in [5.41, 5.74) is 16.3. The Morgan fingerprint density at radius 3 is 2.44 bits per heavy atom. The lowest BCUT2D eigenvalue weighted by Gasteiger charge is -2.13. The van der Waals surface area contributed by atoms with Crippen molar-refractivity contribution in [3.8, 4) is 0 Å². The topological polar surface area (TPSA) is 132 Å². The Morgan fingerprint density at radius 1 is 1.22 bits per heavy atom. The largest absolute Gasteiger partial charge is 0.290 e. The van der Waals surface area contributed by atoms with E-state index in [2.05, 4.69) is 20.1 Å².